The van der Waals surface area contributed by atoms with Gasteiger partial charge in [0.05, 0.1) is 13.1 Å². The van der Waals surface area contributed by atoms with Crippen LogP contribution in [0.3, 0.4) is 0 Å². The van der Waals surface area contributed by atoms with Crippen LogP contribution in [-0.4, -0.2) is 72.0 Å². The van der Waals surface area contributed by atoms with E-state index in [2.05, 4.69) is 5.32 Å². The van der Waals surface area contributed by atoms with Crippen LogP contribution in [0.1, 0.15) is 57.8 Å². The number of nitrogens with one attached hydrogen (secondary N) is 1. The molecule has 0 radical (unpaired) electrons. The molecule has 2 fully saturated rings. The van der Waals surface area contributed by atoms with E-state index in [9.17, 15) is 14.4 Å². The summed E-state index contributed by atoms with van der Waals surface area (Å²) in [6.45, 7) is 1.39. The fourth-order valence-corrected chi connectivity index (χ4v) is 4.12. The van der Waals surface area contributed by atoms with Gasteiger partial charge in [-0.1, -0.05) is 19.3 Å². The minimum atomic E-state index is -0.828. The Morgan fingerprint density at radius 2 is 1.77 bits per heavy atom. The second-order valence-corrected chi connectivity index (χ2v) is 7.76. The Hall–Kier alpha value is -1.63. The molecule has 0 aromatic heterocycles. The molecule has 1 aliphatic heterocycles. The van der Waals surface area contributed by atoms with Crippen LogP contribution < -0.4 is 5.32 Å². The SMILES string of the molecule is CN(CC(=O)O)C1CCCN(C(=O)CNC(=O)CC2CCCCC2)CC1. The maximum Gasteiger partial charge on any atom is 0.317 e. The predicted molar refractivity (Wildman–Crippen MR) is 98.7 cm³/mol. The molecule has 1 saturated heterocycles. The van der Waals surface area contributed by atoms with Gasteiger partial charge < -0.3 is 15.3 Å². The molecule has 1 unspecified atom stereocenters. The van der Waals surface area contributed by atoms with Gasteiger partial charge in [0.2, 0.25) is 11.8 Å². The van der Waals surface area contributed by atoms with E-state index < -0.39 is 5.97 Å². The van der Waals surface area contributed by atoms with Gasteiger partial charge in [-0.05, 0) is 45.1 Å². The zero-order valence-corrected chi connectivity index (χ0v) is 15.9. The normalized spacial score (nSPS) is 22.1. The van der Waals surface area contributed by atoms with Gasteiger partial charge in [-0.15, -0.1) is 0 Å². The fourth-order valence-electron chi connectivity index (χ4n) is 4.12. The molecule has 0 aromatic carbocycles. The van der Waals surface area contributed by atoms with Crippen molar-refractivity contribution in [1.82, 2.24) is 15.1 Å². The summed E-state index contributed by atoms with van der Waals surface area (Å²) in [6, 6.07) is 0.185. The van der Waals surface area contributed by atoms with Gasteiger partial charge in [0.25, 0.3) is 0 Å². The van der Waals surface area contributed by atoms with Crippen molar-refractivity contribution < 1.29 is 19.5 Å². The third kappa shape index (κ3) is 6.94. The molecule has 2 rings (SSSR count). The highest BCUT2D eigenvalue weighted by Gasteiger charge is 2.24. The largest absolute Gasteiger partial charge is 0.480 e. The van der Waals surface area contributed by atoms with Crippen molar-refractivity contribution in [3.05, 3.63) is 0 Å². The molecule has 2 N–H and O–H groups in total. The van der Waals surface area contributed by atoms with E-state index in [0.717, 1.165) is 32.1 Å². The van der Waals surface area contributed by atoms with Crippen molar-refractivity contribution in [2.45, 2.75) is 63.8 Å². The predicted octanol–water partition coefficient (Wildman–Crippen LogP) is 1.47. The minimum Gasteiger partial charge on any atom is -0.480 e. The number of likely N-dealkylation sites (N-methyl/N-ethyl adjacent to an activating group) is 1. The third-order valence-electron chi connectivity index (χ3n) is 5.69. The standard InChI is InChI=1S/C19H33N3O4/c1-21(14-19(25)26)16-8-5-10-22(11-9-16)18(24)13-20-17(23)12-15-6-3-2-4-7-15/h15-16H,2-14H2,1H3,(H,20,23)(H,25,26). The van der Waals surface area contributed by atoms with Crippen molar-refractivity contribution in [3.63, 3.8) is 0 Å². The maximum absolute atomic E-state index is 12.4. The molecule has 1 saturated carbocycles. The number of hydrogen-bond acceptors (Lipinski definition) is 4. The summed E-state index contributed by atoms with van der Waals surface area (Å²) in [7, 11) is 1.82. The van der Waals surface area contributed by atoms with Crippen LogP contribution in [0, 0.1) is 5.92 Å². The first-order chi connectivity index (χ1) is 12.5. The van der Waals surface area contributed by atoms with Crippen LogP contribution in [0.4, 0.5) is 0 Å². The second-order valence-electron chi connectivity index (χ2n) is 7.76. The number of aliphatic carboxylic acids is 1. The highest BCUT2D eigenvalue weighted by atomic mass is 16.4. The number of carboxylic acid groups (broad SMARTS) is 1. The maximum atomic E-state index is 12.4. The Balaban J connectivity index is 1.70. The average molecular weight is 367 g/mol. The number of amides is 2. The summed E-state index contributed by atoms with van der Waals surface area (Å²) in [4.78, 5) is 39.0. The quantitative estimate of drug-likeness (QED) is 0.711. The molecule has 0 aromatic rings. The number of carbonyl (C=O) groups excluding carboxylic acids is 2. The third-order valence-corrected chi connectivity index (χ3v) is 5.69. The Labute approximate surface area is 156 Å². The number of nitrogens with zero attached hydrogens (tertiary/aromatic N) is 2. The van der Waals surface area contributed by atoms with E-state index in [4.69, 9.17) is 5.11 Å². The molecule has 7 nitrogen and oxygen atoms in total. The lowest BCUT2D eigenvalue weighted by atomic mass is 9.87. The number of carbonyl (C=O) groups is 3. The van der Waals surface area contributed by atoms with Gasteiger partial charge in [-0.25, -0.2) is 0 Å². The van der Waals surface area contributed by atoms with Gasteiger partial charge in [0.1, 0.15) is 0 Å². The molecular weight excluding hydrogens is 334 g/mol. The van der Waals surface area contributed by atoms with E-state index >= 15 is 0 Å². The first-order valence-electron chi connectivity index (χ1n) is 9.92. The summed E-state index contributed by atoms with van der Waals surface area (Å²) in [5, 5.41) is 11.7. The topological polar surface area (TPSA) is 90.0 Å². The lowest BCUT2D eigenvalue weighted by Crippen LogP contribution is -2.41. The summed E-state index contributed by atoms with van der Waals surface area (Å²) in [5.74, 6) is -0.407. The van der Waals surface area contributed by atoms with E-state index in [0.29, 0.717) is 25.4 Å². The van der Waals surface area contributed by atoms with Crippen LogP contribution in [0.2, 0.25) is 0 Å². The zero-order valence-electron chi connectivity index (χ0n) is 15.9. The second kappa shape index (κ2) is 10.5. The van der Waals surface area contributed by atoms with Crippen LogP contribution in [0.15, 0.2) is 0 Å². The molecule has 148 valence electrons. The molecule has 2 aliphatic rings. The first-order valence-corrected chi connectivity index (χ1v) is 9.92. The van der Waals surface area contributed by atoms with Crippen LogP contribution in [-0.2, 0) is 14.4 Å². The summed E-state index contributed by atoms with van der Waals surface area (Å²) >= 11 is 0. The summed E-state index contributed by atoms with van der Waals surface area (Å²) in [6.07, 6.45) is 8.99. The molecule has 0 spiro atoms. The van der Waals surface area contributed by atoms with E-state index in [1.807, 2.05) is 11.9 Å². The Kier molecular flexibility index (Phi) is 8.35. The molecule has 7 heteroatoms. The minimum absolute atomic E-state index is 0.0147. The monoisotopic (exact) mass is 367 g/mol. The molecule has 26 heavy (non-hydrogen) atoms. The van der Waals surface area contributed by atoms with Crippen LogP contribution in [0.5, 0.6) is 0 Å². The van der Waals surface area contributed by atoms with Crippen LogP contribution in [0.25, 0.3) is 0 Å². The number of carboxylic acids is 1. The van der Waals surface area contributed by atoms with E-state index in [1.54, 1.807) is 4.90 Å². The molecular formula is C19H33N3O4. The van der Waals surface area contributed by atoms with Gasteiger partial charge in [-0.3, -0.25) is 19.3 Å². The number of likely N-dealkylation sites (tertiary alicyclic amines) is 1. The van der Waals surface area contributed by atoms with Gasteiger partial charge >= 0.3 is 5.97 Å². The molecule has 1 atom stereocenters. The van der Waals surface area contributed by atoms with Crippen molar-refractivity contribution in [1.29, 1.82) is 0 Å². The van der Waals surface area contributed by atoms with Crippen molar-refractivity contribution in [3.8, 4) is 0 Å². The average Bonchev–Trinajstić information content (AvgIpc) is 2.86. The number of rotatable bonds is 7. The van der Waals surface area contributed by atoms with Gasteiger partial charge in [0, 0.05) is 25.6 Å². The molecule has 1 aliphatic carbocycles. The summed E-state index contributed by atoms with van der Waals surface area (Å²) < 4.78 is 0. The highest BCUT2D eigenvalue weighted by Crippen LogP contribution is 2.26. The lowest BCUT2D eigenvalue weighted by molar-refractivity contribution is -0.138. The Morgan fingerprint density at radius 1 is 1.04 bits per heavy atom. The van der Waals surface area contributed by atoms with E-state index in [1.165, 1.54) is 19.3 Å². The van der Waals surface area contributed by atoms with Gasteiger partial charge in [-0.2, -0.15) is 0 Å². The van der Waals surface area contributed by atoms with Crippen molar-refractivity contribution in [2.24, 2.45) is 5.92 Å². The summed E-state index contributed by atoms with van der Waals surface area (Å²) in [5.41, 5.74) is 0. The fraction of sp³-hybridized carbons (Fsp3) is 0.842. The van der Waals surface area contributed by atoms with Crippen LogP contribution >= 0.6 is 0 Å². The Morgan fingerprint density at radius 3 is 2.46 bits per heavy atom. The first kappa shape index (κ1) is 20.7. The van der Waals surface area contributed by atoms with Gasteiger partial charge in [0.15, 0.2) is 0 Å². The van der Waals surface area contributed by atoms with Crippen molar-refractivity contribution in [2.75, 3.05) is 33.2 Å². The highest BCUT2D eigenvalue weighted by molar-refractivity contribution is 5.84. The Bertz CT molecular complexity index is 491. The zero-order chi connectivity index (χ0) is 18.9. The van der Waals surface area contributed by atoms with Crippen molar-refractivity contribution >= 4 is 17.8 Å². The molecule has 0 bridgehead atoms. The molecule has 2 amide bonds. The number of hydrogen-bond donors (Lipinski definition) is 2. The molecule has 1 heterocycles. The lowest BCUT2D eigenvalue weighted by Gasteiger charge is -2.25. The van der Waals surface area contributed by atoms with E-state index in [-0.39, 0.29) is 30.9 Å². The smallest absolute Gasteiger partial charge is 0.317 e.